The highest BCUT2D eigenvalue weighted by Crippen LogP contribution is 2.25. The van der Waals surface area contributed by atoms with Crippen LogP contribution < -0.4 is 5.32 Å². The molecule has 7 heteroatoms. The molecule has 0 rings (SSSR count). The number of likely N-dealkylation sites (N-methyl/N-ethyl adjacent to an activating group) is 1. The number of halogens is 3. The van der Waals surface area contributed by atoms with E-state index in [4.69, 9.17) is 4.74 Å². The summed E-state index contributed by atoms with van der Waals surface area (Å²) in [7, 11) is 1.25. The summed E-state index contributed by atoms with van der Waals surface area (Å²) in [6.07, 6.45) is -5.10. The van der Waals surface area contributed by atoms with Gasteiger partial charge in [0.2, 0.25) is 0 Å². The van der Waals surface area contributed by atoms with Gasteiger partial charge >= 0.3 is 12.1 Å². The molecule has 0 spiro atoms. The summed E-state index contributed by atoms with van der Waals surface area (Å²) in [5.41, 5.74) is -1.08. The maximum absolute atomic E-state index is 12.2. The smallest absolute Gasteiger partial charge is 0.389 e. The quantitative estimate of drug-likeness (QED) is 0.630. The van der Waals surface area contributed by atoms with Crippen molar-refractivity contribution in [2.45, 2.75) is 51.7 Å². The first kappa shape index (κ1) is 20.2. The number of nitrogens with one attached hydrogen (secondary N) is 1. The largest absolute Gasteiger partial charge is 0.468 e. The zero-order chi connectivity index (χ0) is 16.5. The van der Waals surface area contributed by atoms with E-state index in [9.17, 15) is 18.0 Å². The Labute approximate surface area is 125 Å². The summed E-state index contributed by atoms with van der Waals surface area (Å²) < 4.78 is 41.4. The lowest BCUT2D eigenvalue weighted by Gasteiger charge is -2.29. The van der Waals surface area contributed by atoms with Crippen LogP contribution in [-0.4, -0.2) is 55.9 Å². The average Bonchev–Trinajstić information content (AvgIpc) is 2.41. The predicted octanol–water partition coefficient (Wildman–Crippen LogP) is 2.58. The first-order valence-corrected chi connectivity index (χ1v) is 7.31. The Morgan fingerprint density at radius 1 is 1.19 bits per heavy atom. The number of rotatable bonds is 10. The van der Waals surface area contributed by atoms with Crippen LogP contribution in [0.4, 0.5) is 13.2 Å². The third-order valence-corrected chi connectivity index (χ3v) is 3.61. The van der Waals surface area contributed by atoms with E-state index in [1.54, 1.807) is 6.92 Å². The second kappa shape index (κ2) is 9.25. The van der Waals surface area contributed by atoms with Gasteiger partial charge in [-0.25, -0.2) is 0 Å². The standard InChI is InChI=1S/C14H27F3N2O2/c1-5-19(6-2)11-10-18-13(3,12(20)21-4)8-7-9-14(15,16)17/h18H,5-11H2,1-4H3. The molecular formula is C14H27F3N2O2. The van der Waals surface area contributed by atoms with E-state index < -0.39 is 24.1 Å². The van der Waals surface area contributed by atoms with Gasteiger partial charge in [0.1, 0.15) is 5.54 Å². The number of carbonyl (C=O) groups is 1. The second-order valence-corrected chi connectivity index (χ2v) is 5.25. The van der Waals surface area contributed by atoms with Crippen LogP contribution in [-0.2, 0) is 9.53 Å². The summed E-state index contributed by atoms with van der Waals surface area (Å²) in [6.45, 7) is 8.71. The van der Waals surface area contributed by atoms with Crippen molar-refractivity contribution in [3.63, 3.8) is 0 Å². The SMILES string of the molecule is CCN(CC)CCNC(C)(CCCC(F)(F)F)C(=O)OC. The van der Waals surface area contributed by atoms with Crippen LogP contribution in [0, 0.1) is 0 Å². The van der Waals surface area contributed by atoms with Gasteiger partial charge in [-0.15, -0.1) is 0 Å². The van der Waals surface area contributed by atoms with Crippen LogP contribution in [0.2, 0.25) is 0 Å². The third kappa shape index (κ3) is 8.26. The maximum atomic E-state index is 12.2. The van der Waals surface area contributed by atoms with Crippen molar-refractivity contribution in [3.8, 4) is 0 Å². The first-order chi connectivity index (χ1) is 9.68. The Morgan fingerprint density at radius 3 is 2.19 bits per heavy atom. The molecule has 0 aliphatic carbocycles. The first-order valence-electron chi connectivity index (χ1n) is 7.31. The topological polar surface area (TPSA) is 41.6 Å². The fraction of sp³-hybridized carbons (Fsp3) is 0.929. The molecule has 0 fully saturated rings. The monoisotopic (exact) mass is 312 g/mol. The van der Waals surface area contributed by atoms with Gasteiger partial charge in [0.25, 0.3) is 0 Å². The van der Waals surface area contributed by atoms with Crippen molar-refractivity contribution in [2.24, 2.45) is 0 Å². The summed E-state index contributed by atoms with van der Waals surface area (Å²) in [4.78, 5) is 14.0. The molecular weight excluding hydrogens is 285 g/mol. The average molecular weight is 312 g/mol. The fourth-order valence-corrected chi connectivity index (χ4v) is 2.16. The van der Waals surface area contributed by atoms with Gasteiger partial charge in [-0.1, -0.05) is 13.8 Å². The van der Waals surface area contributed by atoms with Crippen molar-refractivity contribution in [2.75, 3.05) is 33.3 Å². The molecule has 0 amide bonds. The Kier molecular flexibility index (Phi) is 8.89. The minimum atomic E-state index is -4.20. The summed E-state index contributed by atoms with van der Waals surface area (Å²) in [6, 6.07) is 0. The van der Waals surface area contributed by atoms with Crippen LogP contribution in [0.5, 0.6) is 0 Å². The number of ether oxygens (including phenoxy) is 1. The molecule has 0 aromatic carbocycles. The van der Waals surface area contributed by atoms with Gasteiger partial charge in [0, 0.05) is 19.5 Å². The summed E-state index contributed by atoms with van der Waals surface area (Å²) in [5, 5.41) is 3.05. The van der Waals surface area contributed by atoms with E-state index in [0.717, 1.165) is 19.6 Å². The molecule has 0 aromatic rings. The summed E-state index contributed by atoms with van der Waals surface area (Å²) in [5.74, 6) is -0.524. The highest BCUT2D eigenvalue weighted by molar-refractivity contribution is 5.80. The van der Waals surface area contributed by atoms with Gasteiger partial charge in [-0.05, 0) is 32.9 Å². The zero-order valence-corrected chi connectivity index (χ0v) is 13.3. The van der Waals surface area contributed by atoms with Crippen LogP contribution in [0.25, 0.3) is 0 Å². The van der Waals surface area contributed by atoms with Crippen molar-refractivity contribution in [1.82, 2.24) is 10.2 Å². The van der Waals surface area contributed by atoms with Crippen LogP contribution in [0.15, 0.2) is 0 Å². The lowest BCUT2D eigenvalue weighted by molar-refractivity contribution is -0.150. The molecule has 0 aromatic heterocycles. The molecule has 21 heavy (non-hydrogen) atoms. The number of alkyl halides is 3. The van der Waals surface area contributed by atoms with Crippen molar-refractivity contribution >= 4 is 5.97 Å². The molecule has 0 aliphatic rings. The van der Waals surface area contributed by atoms with Gasteiger partial charge in [0.15, 0.2) is 0 Å². The number of methoxy groups -OCH3 is 1. The van der Waals surface area contributed by atoms with Gasteiger partial charge in [-0.3, -0.25) is 4.79 Å². The Hall–Kier alpha value is -0.820. The van der Waals surface area contributed by atoms with Gasteiger partial charge < -0.3 is 15.0 Å². The zero-order valence-electron chi connectivity index (χ0n) is 13.3. The summed E-state index contributed by atoms with van der Waals surface area (Å²) >= 11 is 0. The van der Waals surface area contributed by atoms with Crippen molar-refractivity contribution in [1.29, 1.82) is 0 Å². The lowest BCUT2D eigenvalue weighted by Crippen LogP contribution is -2.52. The van der Waals surface area contributed by atoms with E-state index in [2.05, 4.69) is 10.2 Å². The lowest BCUT2D eigenvalue weighted by atomic mass is 9.94. The Balaban J connectivity index is 4.45. The maximum Gasteiger partial charge on any atom is 0.389 e. The molecule has 0 saturated heterocycles. The molecule has 0 aliphatic heterocycles. The van der Waals surface area contributed by atoms with E-state index in [0.29, 0.717) is 6.54 Å². The van der Waals surface area contributed by atoms with Crippen LogP contribution >= 0.6 is 0 Å². The van der Waals surface area contributed by atoms with E-state index in [-0.39, 0.29) is 12.8 Å². The number of nitrogens with zero attached hydrogens (tertiary/aromatic N) is 1. The predicted molar refractivity (Wildman–Crippen MR) is 76.1 cm³/mol. The number of hydrogen-bond donors (Lipinski definition) is 1. The Morgan fingerprint density at radius 2 is 1.76 bits per heavy atom. The minimum absolute atomic E-state index is 0.0947. The molecule has 1 N–H and O–H groups in total. The van der Waals surface area contributed by atoms with E-state index in [1.807, 2.05) is 13.8 Å². The van der Waals surface area contributed by atoms with Crippen molar-refractivity contribution in [3.05, 3.63) is 0 Å². The van der Waals surface area contributed by atoms with Crippen LogP contribution in [0.3, 0.4) is 0 Å². The van der Waals surface area contributed by atoms with Crippen molar-refractivity contribution < 1.29 is 22.7 Å². The second-order valence-electron chi connectivity index (χ2n) is 5.25. The number of carbonyl (C=O) groups excluding carboxylic acids is 1. The molecule has 4 nitrogen and oxygen atoms in total. The molecule has 1 atom stereocenters. The molecule has 0 heterocycles. The molecule has 0 radical (unpaired) electrons. The third-order valence-electron chi connectivity index (χ3n) is 3.61. The Bertz CT molecular complexity index is 307. The van der Waals surface area contributed by atoms with E-state index >= 15 is 0 Å². The van der Waals surface area contributed by atoms with Crippen LogP contribution in [0.1, 0.15) is 40.0 Å². The molecule has 1 unspecified atom stereocenters. The molecule has 0 bridgehead atoms. The highest BCUT2D eigenvalue weighted by atomic mass is 19.4. The highest BCUT2D eigenvalue weighted by Gasteiger charge is 2.35. The molecule has 0 saturated carbocycles. The number of hydrogen-bond acceptors (Lipinski definition) is 4. The van der Waals surface area contributed by atoms with Gasteiger partial charge in [-0.2, -0.15) is 13.2 Å². The number of esters is 1. The molecule has 126 valence electrons. The minimum Gasteiger partial charge on any atom is -0.468 e. The van der Waals surface area contributed by atoms with Gasteiger partial charge in [0.05, 0.1) is 7.11 Å². The van der Waals surface area contributed by atoms with E-state index in [1.165, 1.54) is 7.11 Å². The normalized spacial score (nSPS) is 15.0. The fourth-order valence-electron chi connectivity index (χ4n) is 2.16.